The fourth-order valence-corrected chi connectivity index (χ4v) is 10.4. The first-order valence-corrected chi connectivity index (χ1v) is 23.7. The second-order valence-corrected chi connectivity index (χ2v) is 19.2. The van der Waals surface area contributed by atoms with E-state index in [1.54, 1.807) is 36.6 Å². The summed E-state index contributed by atoms with van der Waals surface area (Å²) in [6, 6.07) is 15.1. The summed E-state index contributed by atoms with van der Waals surface area (Å²) >= 11 is 1.44. The molecular formula is C45H47N5O12S2. The third-order valence-electron chi connectivity index (χ3n) is 11.6. The highest BCUT2D eigenvalue weighted by Crippen LogP contribution is 2.39. The van der Waals surface area contributed by atoms with Gasteiger partial charge in [0.25, 0.3) is 17.7 Å². The molecular weight excluding hydrogens is 867 g/mol. The van der Waals surface area contributed by atoms with Gasteiger partial charge < -0.3 is 29.2 Å². The van der Waals surface area contributed by atoms with Gasteiger partial charge in [0, 0.05) is 54.7 Å². The summed E-state index contributed by atoms with van der Waals surface area (Å²) in [6.45, 7) is 4.70. The lowest BCUT2D eigenvalue weighted by atomic mass is 10.0. The van der Waals surface area contributed by atoms with E-state index >= 15 is 0 Å². The van der Waals surface area contributed by atoms with Crippen LogP contribution in [0.2, 0.25) is 0 Å². The Kier molecular flexibility index (Phi) is 12.9. The lowest BCUT2D eigenvalue weighted by molar-refractivity contribution is -0.137. The average molecular weight is 914 g/mol. The molecule has 19 heteroatoms. The fourth-order valence-electron chi connectivity index (χ4n) is 8.54. The summed E-state index contributed by atoms with van der Waals surface area (Å²) in [5.74, 6) is -2.00. The minimum absolute atomic E-state index is 0.0230. The predicted molar refractivity (Wildman–Crippen MR) is 233 cm³/mol. The van der Waals surface area contributed by atoms with Gasteiger partial charge in [-0.3, -0.25) is 43.9 Å². The molecule has 6 amide bonds. The monoisotopic (exact) mass is 913 g/mol. The second kappa shape index (κ2) is 18.5. The molecule has 2 unspecified atom stereocenters. The van der Waals surface area contributed by atoms with Crippen LogP contribution in [0.3, 0.4) is 0 Å². The average Bonchev–Trinajstić information content (AvgIpc) is 3.89. The maximum absolute atomic E-state index is 14.1. The number of rotatable bonds is 16. The standard InChI is InChI=1S/C45H47N5O12S2/c1-4-60-37-18-27(10-14-36(37)59-2)35(25-64(3,57)58)50-44(55)30-6-5-7-33(41(30)45(50)56)46-40(52)19-29-21-48(16-17-61-29)20-26-8-11-28(12-9-26)62-23-38-31-22-49(43(54)32(31)24-63-38)34-13-15-39(51)47-42(34)53/h5-12,14,18,24,29,34-35H,4,13,15-17,19-23,25H2,1-3H3,(H,46,52)(H,47,51,53)/t29?,34?,35-/m1/s1. The van der Waals surface area contributed by atoms with Gasteiger partial charge in [0.2, 0.25) is 17.7 Å². The van der Waals surface area contributed by atoms with Crippen molar-refractivity contribution in [2.24, 2.45) is 0 Å². The van der Waals surface area contributed by atoms with Crippen molar-refractivity contribution in [1.82, 2.24) is 20.0 Å². The zero-order valence-corrected chi connectivity index (χ0v) is 37.1. The van der Waals surface area contributed by atoms with Gasteiger partial charge in [-0.2, -0.15) is 0 Å². The Morgan fingerprint density at radius 1 is 0.984 bits per heavy atom. The minimum Gasteiger partial charge on any atom is -0.493 e. The Balaban J connectivity index is 0.863. The number of carbonyl (C=O) groups is 6. The summed E-state index contributed by atoms with van der Waals surface area (Å²) in [7, 11) is -2.25. The first-order chi connectivity index (χ1) is 30.7. The number of amides is 6. The van der Waals surface area contributed by atoms with Crippen LogP contribution in [0.5, 0.6) is 17.2 Å². The van der Waals surface area contributed by atoms with E-state index in [-0.39, 0.29) is 54.6 Å². The fraction of sp³-hybridized carbons (Fsp3) is 0.378. The van der Waals surface area contributed by atoms with Crippen molar-refractivity contribution in [1.29, 1.82) is 0 Å². The number of sulfone groups is 1. The molecule has 2 N–H and O–H groups in total. The number of ether oxygens (including phenoxy) is 4. The molecule has 64 heavy (non-hydrogen) atoms. The van der Waals surface area contributed by atoms with Crippen molar-refractivity contribution in [2.75, 3.05) is 50.7 Å². The molecule has 4 aliphatic heterocycles. The normalized spacial score (nSPS) is 19.3. The van der Waals surface area contributed by atoms with Crippen molar-refractivity contribution in [3.63, 3.8) is 0 Å². The Morgan fingerprint density at radius 3 is 2.52 bits per heavy atom. The molecule has 3 atom stereocenters. The zero-order valence-electron chi connectivity index (χ0n) is 35.4. The van der Waals surface area contributed by atoms with Crippen molar-refractivity contribution >= 4 is 62.3 Å². The number of imide groups is 2. The van der Waals surface area contributed by atoms with Crippen LogP contribution in [0.4, 0.5) is 5.69 Å². The molecule has 336 valence electrons. The van der Waals surface area contributed by atoms with E-state index in [1.165, 1.54) is 35.5 Å². The van der Waals surface area contributed by atoms with Crippen molar-refractivity contribution < 1.29 is 56.1 Å². The molecule has 0 bridgehead atoms. The van der Waals surface area contributed by atoms with Crippen LogP contribution < -0.4 is 24.8 Å². The number of morpholine rings is 1. The summed E-state index contributed by atoms with van der Waals surface area (Å²) < 4.78 is 48.5. The van der Waals surface area contributed by atoms with Crippen molar-refractivity contribution in [2.45, 2.75) is 64.1 Å². The topological polar surface area (TPSA) is 207 Å². The van der Waals surface area contributed by atoms with Gasteiger partial charge in [-0.25, -0.2) is 8.42 Å². The minimum atomic E-state index is -3.71. The number of piperidine rings is 1. The van der Waals surface area contributed by atoms with Crippen LogP contribution in [-0.2, 0) is 48.7 Å². The molecule has 8 rings (SSSR count). The van der Waals surface area contributed by atoms with E-state index in [9.17, 15) is 37.2 Å². The molecule has 4 aromatic rings. The molecule has 17 nitrogen and oxygen atoms in total. The first-order valence-electron chi connectivity index (χ1n) is 20.8. The van der Waals surface area contributed by atoms with E-state index in [0.717, 1.165) is 27.2 Å². The number of nitrogens with one attached hydrogen (secondary N) is 2. The number of nitrogens with zero attached hydrogens (tertiary/aromatic N) is 3. The Morgan fingerprint density at radius 2 is 1.78 bits per heavy atom. The molecule has 0 radical (unpaired) electrons. The zero-order chi connectivity index (χ0) is 45.3. The number of carbonyl (C=O) groups excluding carboxylic acids is 6. The Bertz CT molecular complexity index is 2630. The van der Waals surface area contributed by atoms with Crippen molar-refractivity contribution in [3.8, 4) is 17.2 Å². The van der Waals surface area contributed by atoms with Crippen LogP contribution in [0.15, 0.2) is 66.0 Å². The largest absolute Gasteiger partial charge is 0.493 e. The van der Waals surface area contributed by atoms with Crippen LogP contribution in [0.1, 0.15) is 84.9 Å². The van der Waals surface area contributed by atoms with Gasteiger partial charge in [-0.05, 0) is 60.9 Å². The highest BCUT2D eigenvalue weighted by molar-refractivity contribution is 7.90. The van der Waals surface area contributed by atoms with E-state index < -0.39 is 57.4 Å². The molecule has 0 aliphatic carbocycles. The summed E-state index contributed by atoms with van der Waals surface area (Å²) in [4.78, 5) is 84.2. The number of methoxy groups -OCH3 is 1. The van der Waals surface area contributed by atoms with Gasteiger partial charge in [-0.1, -0.05) is 24.3 Å². The van der Waals surface area contributed by atoms with Gasteiger partial charge in [-0.15, -0.1) is 11.3 Å². The van der Waals surface area contributed by atoms with Crippen molar-refractivity contribution in [3.05, 3.63) is 104 Å². The Labute approximate surface area is 373 Å². The van der Waals surface area contributed by atoms with Gasteiger partial charge in [0.15, 0.2) is 11.5 Å². The third-order valence-corrected chi connectivity index (χ3v) is 13.5. The van der Waals surface area contributed by atoms with Crippen LogP contribution in [0.25, 0.3) is 0 Å². The summed E-state index contributed by atoms with van der Waals surface area (Å²) in [5, 5.41) is 6.92. The van der Waals surface area contributed by atoms with Gasteiger partial charge in [0.05, 0.1) is 67.0 Å². The summed E-state index contributed by atoms with van der Waals surface area (Å²) in [6.07, 6.45) is 1.04. The third kappa shape index (κ3) is 9.38. The van der Waals surface area contributed by atoms with E-state index in [1.807, 2.05) is 24.3 Å². The Hall–Kier alpha value is -6.15. The molecule has 0 spiro atoms. The van der Waals surface area contributed by atoms with Crippen LogP contribution in [-0.4, -0.2) is 116 Å². The lowest BCUT2D eigenvalue weighted by Gasteiger charge is -2.32. The highest BCUT2D eigenvalue weighted by atomic mass is 32.2. The molecule has 2 saturated heterocycles. The highest BCUT2D eigenvalue weighted by Gasteiger charge is 2.44. The van der Waals surface area contributed by atoms with Gasteiger partial charge in [0.1, 0.15) is 28.2 Å². The number of thiophene rings is 1. The number of anilines is 1. The SMILES string of the molecule is CCOc1cc([C@@H](CS(C)(=O)=O)N2C(=O)c3cccc(NC(=O)CC4CN(Cc5ccc(OCc6scc7c6CN(C6CCC(=O)NC6=O)C7=O)cc5)CCO4)c3C2=O)ccc1OC. The first kappa shape index (κ1) is 44.5. The molecule has 0 saturated carbocycles. The number of hydrogen-bond donors (Lipinski definition) is 2. The predicted octanol–water partition coefficient (Wildman–Crippen LogP) is 4.11. The van der Waals surface area contributed by atoms with Crippen LogP contribution >= 0.6 is 11.3 Å². The second-order valence-electron chi connectivity index (χ2n) is 16.0. The molecule has 3 aromatic carbocycles. The molecule has 5 heterocycles. The maximum Gasteiger partial charge on any atom is 0.264 e. The number of fused-ring (bicyclic) bond motifs is 2. The lowest BCUT2D eigenvalue weighted by Crippen LogP contribution is -2.52. The van der Waals surface area contributed by atoms with Gasteiger partial charge >= 0.3 is 0 Å². The van der Waals surface area contributed by atoms with E-state index in [4.69, 9.17) is 18.9 Å². The molecule has 1 aromatic heterocycles. The maximum atomic E-state index is 14.1. The summed E-state index contributed by atoms with van der Waals surface area (Å²) in [5.41, 5.74) is 2.93. The van der Waals surface area contributed by atoms with Crippen LogP contribution in [0, 0.1) is 0 Å². The molecule has 4 aliphatic rings. The number of hydrogen-bond acceptors (Lipinski definition) is 14. The number of benzene rings is 3. The molecule has 2 fully saturated rings. The van der Waals surface area contributed by atoms with E-state index in [2.05, 4.69) is 15.5 Å². The van der Waals surface area contributed by atoms with E-state index in [0.29, 0.717) is 67.6 Å². The smallest absolute Gasteiger partial charge is 0.264 e. The quantitative estimate of drug-likeness (QED) is 0.152.